The molecule has 0 bridgehead atoms. The van der Waals surface area contributed by atoms with Crippen molar-refractivity contribution in [2.45, 2.75) is 70.4 Å². The van der Waals surface area contributed by atoms with Crippen molar-refractivity contribution in [2.75, 3.05) is 13.7 Å². The third-order valence-electron chi connectivity index (χ3n) is 6.14. The molecule has 0 unspecified atom stereocenters. The number of carbonyl (C=O) groups excluding carboxylic acids is 1. The SMILES string of the molecule is [2H]C([2H])([2H])C(OC)([C@H](NC(=O)[C@](O)(c1ccccc1)C([2H])([2H])[2H])c1ccc(OCC2(C)CCCC2)cc1)C([2H])([2H])[2H]. The number of nitrogens with one attached hydrogen (secondary N) is 1. The van der Waals surface area contributed by atoms with Crippen molar-refractivity contribution < 1.29 is 31.7 Å². The Morgan fingerprint density at radius 3 is 2.34 bits per heavy atom. The van der Waals surface area contributed by atoms with Gasteiger partial charge in [-0.2, -0.15) is 0 Å². The van der Waals surface area contributed by atoms with E-state index in [0.29, 0.717) is 12.4 Å². The van der Waals surface area contributed by atoms with Gasteiger partial charge in [-0.25, -0.2) is 0 Å². The minimum Gasteiger partial charge on any atom is -0.493 e. The van der Waals surface area contributed by atoms with Crippen LogP contribution in [0.25, 0.3) is 0 Å². The van der Waals surface area contributed by atoms with Crippen molar-refractivity contribution >= 4 is 5.91 Å². The summed E-state index contributed by atoms with van der Waals surface area (Å²) in [5, 5.41) is 13.6. The number of aliphatic hydroxyl groups is 1. The molecule has 0 aromatic heterocycles. The van der Waals surface area contributed by atoms with Crippen LogP contribution in [-0.2, 0) is 15.1 Å². The van der Waals surface area contributed by atoms with Crippen LogP contribution in [0, 0.1) is 5.41 Å². The second kappa shape index (κ2) is 9.63. The van der Waals surface area contributed by atoms with Gasteiger partial charge >= 0.3 is 0 Å². The Bertz CT molecular complexity index is 1160. The third kappa shape index (κ3) is 5.51. The molecule has 0 saturated heterocycles. The van der Waals surface area contributed by atoms with Crippen LogP contribution < -0.4 is 10.1 Å². The Balaban J connectivity index is 2.10. The molecule has 1 aliphatic carbocycles. The van der Waals surface area contributed by atoms with Gasteiger partial charge < -0.3 is 19.9 Å². The van der Waals surface area contributed by atoms with Crippen LogP contribution in [0.2, 0.25) is 0 Å². The van der Waals surface area contributed by atoms with Crippen molar-refractivity contribution in [1.82, 2.24) is 5.32 Å². The third-order valence-corrected chi connectivity index (χ3v) is 6.14. The van der Waals surface area contributed by atoms with Gasteiger partial charge in [0.05, 0.1) is 18.2 Å². The van der Waals surface area contributed by atoms with Gasteiger partial charge in [0.2, 0.25) is 0 Å². The fourth-order valence-corrected chi connectivity index (χ4v) is 3.97. The highest BCUT2D eigenvalue weighted by molar-refractivity contribution is 5.86. The number of rotatable bonds is 9. The lowest BCUT2D eigenvalue weighted by atomic mass is 9.89. The number of hydrogen-bond donors (Lipinski definition) is 2. The summed E-state index contributed by atoms with van der Waals surface area (Å²) in [6.07, 6.45) is 4.30. The molecule has 3 rings (SSSR count). The number of methoxy groups -OCH3 is 1. The van der Waals surface area contributed by atoms with Crippen LogP contribution in [0.3, 0.4) is 0 Å². The number of benzene rings is 2. The summed E-state index contributed by atoms with van der Waals surface area (Å²) in [5.41, 5.74) is -6.43. The molecule has 2 aromatic carbocycles. The van der Waals surface area contributed by atoms with E-state index in [-0.39, 0.29) is 16.5 Å². The van der Waals surface area contributed by atoms with Crippen molar-refractivity contribution in [3.63, 3.8) is 0 Å². The summed E-state index contributed by atoms with van der Waals surface area (Å²) in [6, 6.07) is 10.7. The van der Waals surface area contributed by atoms with Gasteiger partial charge in [-0.1, -0.05) is 62.2 Å². The van der Waals surface area contributed by atoms with Gasteiger partial charge in [-0.05, 0) is 56.7 Å². The number of ether oxygens (including phenoxy) is 2. The molecule has 5 heteroatoms. The maximum absolute atomic E-state index is 13.7. The van der Waals surface area contributed by atoms with E-state index >= 15 is 0 Å². The molecule has 1 saturated carbocycles. The predicted molar refractivity (Wildman–Crippen MR) is 126 cm³/mol. The molecule has 0 heterocycles. The molecule has 0 spiro atoms. The van der Waals surface area contributed by atoms with Crippen molar-refractivity contribution in [1.29, 1.82) is 0 Å². The lowest BCUT2D eigenvalue weighted by Gasteiger charge is -2.36. The van der Waals surface area contributed by atoms with E-state index in [0.717, 1.165) is 32.8 Å². The van der Waals surface area contributed by atoms with E-state index in [1.165, 1.54) is 48.5 Å². The Labute approximate surface area is 204 Å². The van der Waals surface area contributed by atoms with E-state index in [2.05, 4.69) is 12.2 Å². The molecule has 1 fully saturated rings. The van der Waals surface area contributed by atoms with Gasteiger partial charge in [0.1, 0.15) is 5.75 Å². The molecule has 5 nitrogen and oxygen atoms in total. The number of carbonyl (C=O) groups is 1. The molecule has 174 valence electrons. The quantitative estimate of drug-likeness (QED) is 0.558. The first-order valence-corrected chi connectivity index (χ1v) is 10.7. The van der Waals surface area contributed by atoms with Gasteiger partial charge in [0.15, 0.2) is 5.60 Å². The zero-order valence-corrected chi connectivity index (χ0v) is 18.5. The molecule has 0 aliphatic heterocycles. The maximum atomic E-state index is 13.7. The van der Waals surface area contributed by atoms with Gasteiger partial charge in [0, 0.05) is 24.9 Å². The van der Waals surface area contributed by atoms with Crippen molar-refractivity contribution in [3.8, 4) is 5.75 Å². The second-order valence-corrected chi connectivity index (χ2v) is 8.80. The van der Waals surface area contributed by atoms with E-state index in [1.807, 2.05) is 0 Å². The maximum Gasteiger partial charge on any atom is 0.256 e. The zero-order chi connectivity index (χ0) is 30.9. The van der Waals surface area contributed by atoms with Crippen LogP contribution in [-0.4, -0.2) is 30.3 Å². The first-order chi connectivity index (χ1) is 18.8. The fourth-order valence-electron chi connectivity index (χ4n) is 3.97. The molecule has 2 aromatic rings. The molecule has 32 heavy (non-hydrogen) atoms. The smallest absolute Gasteiger partial charge is 0.256 e. The van der Waals surface area contributed by atoms with Crippen LogP contribution >= 0.6 is 0 Å². The Kier molecular flexibility index (Phi) is 4.43. The van der Waals surface area contributed by atoms with Crippen molar-refractivity contribution in [2.24, 2.45) is 5.41 Å². The minimum absolute atomic E-state index is 0.00664. The van der Waals surface area contributed by atoms with Gasteiger partial charge in [0.25, 0.3) is 5.91 Å². The first-order valence-electron chi connectivity index (χ1n) is 15.2. The standard InChI is InChI=1S/C27H37NO4/c1-25(2,31-5)23(28-24(29)27(4,30)21-11-7-6-8-12-21)20-13-15-22(16-14-20)32-19-26(3)17-9-10-18-26/h6-8,11-16,23,30H,9-10,17-19H2,1-5H3,(H,28,29)/t23-,27-/m1/s1/i1D3,2D3,4D3. The summed E-state index contributed by atoms with van der Waals surface area (Å²) in [6.45, 7) is -7.41. The Morgan fingerprint density at radius 1 is 1.12 bits per heavy atom. The second-order valence-electron chi connectivity index (χ2n) is 8.80. The molecule has 1 amide bonds. The Morgan fingerprint density at radius 2 is 1.78 bits per heavy atom. The zero-order valence-electron chi connectivity index (χ0n) is 27.5. The highest BCUT2D eigenvalue weighted by Gasteiger charge is 2.38. The fraction of sp³-hybridized carbons (Fsp3) is 0.519. The summed E-state index contributed by atoms with van der Waals surface area (Å²) >= 11 is 0. The van der Waals surface area contributed by atoms with Gasteiger partial charge in [-0.15, -0.1) is 0 Å². The van der Waals surface area contributed by atoms with Crippen LogP contribution in [0.1, 0.15) is 82.7 Å². The first kappa shape index (κ1) is 14.7. The molecular weight excluding hydrogens is 402 g/mol. The minimum atomic E-state index is -3.35. The summed E-state index contributed by atoms with van der Waals surface area (Å²) in [7, 11) is 0.894. The van der Waals surface area contributed by atoms with Crippen LogP contribution in [0.4, 0.5) is 0 Å². The largest absolute Gasteiger partial charge is 0.493 e. The highest BCUT2D eigenvalue weighted by atomic mass is 16.5. The number of hydrogen-bond acceptors (Lipinski definition) is 4. The predicted octanol–water partition coefficient (Wildman–Crippen LogP) is 5.14. The monoisotopic (exact) mass is 448 g/mol. The summed E-state index contributed by atoms with van der Waals surface area (Å²) in [4.78, 5) is 13.7. The van der Waals surface area contributed by atoms with E-state index < -0.39 is 43.7 Å². The number of amides is 1. The van der Waals surface area contributed by atoms with Crippen molar-refractivity contribution in [3.05, 3.63) is 65.7 Å². The van der Waals surface area contributed by atoms with E-state index in [1.54, 1.807) is 6.07 Å². The summed E-state index contributed by atoms with van der Waals surface area (Å²) < 4.78 is 84.2. The van der Waals surface area contributed by atoms with Gasteiger partial charge in [-0.3, -0.25) is 4.79 Å². The normalized spacial score (nSPS) is 23.9. The molecular formula is C27H37NO4. The van der Waals surface area contributed by atoms with Crippen LogP contribution in [0.5, 0.6) is 5.75 Å². The van der Waals surface area contributed by atoms with E-state index in [4.69, 9.17) is 21.8 Å². The lowest BCUT2D eigenvalue weighted by molar-refractivity contribution is -0.142. The lowest BCUT2D eigenvalue weighted by Crippen LogP contribution is -2.49. The average Bonchev–Trinajstić information content (AvgIpc) is 3.32. The molecule has 2 N–H and O–H groups in total. The Hall–Kier alpha value is -2.37. The molecule has 0 radical (unpaired) electrons. The highest BCUT2D eigenvalue weighted by Crippen LogP contribution is 2.38. The summed E-state index contributed by atoms with van der Waals surface area (Å²) in [5.74, 6) is -1.07. The topological polar surface area (TPSA) is 67.8 Å². The molecule has 1 aliphatic rings. The van der Waals surface area contributed by atoms with E-state index in [9.17, 15) is 9.90 Å². The average molecular weight is 449 g/mol. The van der Waals surface area contributed by atoms with Crippen LogP contribution in [0.15, 0.2) is 54.6 Å². The molecule has 2 atom stereocenters.